The lowest BCUT2D eigenvalue weighted by Crippen LogP contribution is -2.51. The Labute approximate surface area is 217 Å². The zero-order chi connectivity index (χ0) is 28.5. The summed E-state index contributed by atoms with van der Waals surface area (Å²) in [6.07, 6.45) is -5.85. The molecular weight excluding hydrogens is 548 g/mol. The summed E-state index contributed by atoms with van der Waals surface area (Å²) >= 11 is 1.72. The number of rotatable bonds is 5. The van der Waals surface area contributed by atoms with Crippen LogP contribution < -0.4 is 0 Å². The number of carboxylic acid groups (broad SMARTS) is 2. The summed E-state index contributed by atoms with van der Waals surface area (Å²) in [4.78, 5) is 29.3. The fourth-order valence-corrected chi connectivity index (χ4v) is 4.34. The average molecular weight is 574 g/mol. The number of aromatic nitrogens is 2. The van der Waals surface area contributed by atoms with Crippen LogP contribution >= 0.6 is 11.3 Å². The average Bonchev–Trinajstić information content (AvgIpc) is 3.44. The predicted molar refractivity (Wildman–Crippen MR) is 120 cm³/mol. The van der Waals surface area contributed by atoms with Crippen LogP contribution in [0, 0.1) is 6.92 Å². The van der Waals surface area contributed by atoms with Crippen LogP contribution in [-0.4, -0.2) is 80.8 Å². The molecule has 2 fully saturated rings. The lowest BCUT2D eigenvalue weighted by molar-refractivity contribution is -0.193. The molecule has 0 bridgehead atoms. The highest BCUT2D eigenvalue weighted by Gasteiger charge is 2.43. The Morgan fingerprint density at radius 1 is 1.11 bits per heavy atom. The molecule has 38 heavy (non-hydrogen) atoms. The van der Waals surface area contributed by atoms with Crippen molar-refractivity contribution in [2.45, 2.75) is 63.5 Å². The molecule has 2 aromatic rings. The molecule has 3 heterocycles. The van der Waals surface area contributed by atoms with Crippen LogP contribution in [0.3, 0.4) is 0 Å². The van der Waals surface area contributed by atoms with Crippen molar-refractivity contribution in [2.24, 2.45) is 0 Å². The van der Waals surface area contributed by atoms with Crippen LogP contribution in [0.1, 0.15) is 29.2 Å². The maximum atomic E-state index is 10.6. The van der Waals surface area contributed by atoms with Crippen molar-refractivity contribution in [1.82, 2.24) is 14.9 Å². The third-order valence-electron chi connectivity index (χ3n) is 5.34. The van der Waals surface area contributed by atoms with Crippen LogP contribution in [0.5, 0.6) is 0 Å². The van der Waals surface area contributed by atoms with Gasteiger partial charge in [-0.15, -0.1) is 11.3 Å². The summed E-state index contributed by atoms with van der Waals surface area (Å²) in [5.74, 6) is -5.51. The molecule has 9 nitrogen and oxygen atoms in total. The Morgan fingerprint density at radius 3 is 2.24 bits per heavy atom. The molecule has 0 amide bonds. The minimum Gasteiger partial charge on any atom is -0.475 e. The van der Waals surface area contributed by atoms with Gasteiger partial charge in [0.05, 0.1) is 41.8 Å². The van der Waals surface area contributed by atoms with Gasteiger partial charge in [-0.1, -0.05) is 6.07 Å². The summed E-state index contributed by atoms with van der Waals surface area (Å²) in [5.41, 5.74) is 2.16. The highest BCUT2D eigenvalue weighted by Crippen LogP contribution is 2.33. The number of thiazole rings is 1. The summed E-state index contributed by atoms with van der Waals surface area (Å²) in [6.45, 7) is 5.29. The van der Waals surface area contributed by atoms with E-state index in [4.69, 9.17) is 29.3 Å². The van der Waals surface area contributed by atoms with Gasteiger partial charge in [0.15, 0.2) is 0 Å². The van der Waals surface area contributed by atoms with Gasteiger partial charge in [0, 0.05) is 30.7 Å². The fraction of sp³-hybridized carbons (Fsp3) is 0.545. The van der Waals surface area contributed by atoms with Crippen molar-refractivity contribution < 1.29 is 55.6 Å². The summed E-state index contributed by atoms with van der Waals surface area (Å²) < 4.78 is 75.7. The second-order valence-corrected chi connectivity index (χ2v) is 9.15. The molecule has 1 aliphatic heterocycles. The van der Waals surface area contributed by atoms with Gasteiger partial charge in [-0.05, 0) is 31.9 Å². The number of nitrogens with zero attached hydrogens (tertiary/aromatic N) is 3. The van der Waals surface area contributed by atoms with Crippen molar-refractivity contribution in [3.05, 3.63) is 46.2 Å². The molecule has 2 N–H and O–H groups in total. The number of ether oxygens (including phenoxy) is 2. The first kappa shape index (κ1) is 31.4. The van der Waals surface area contributed by atoms with Gasteiger partial charge >= 0.3 is 24.3 Å². The molecule has 1 aliphatic carbocycles. The Bertz CT molecular complexity index is 1010. The van der Waals surface area contributed by atoms with E-state index in [0.717, 1.165) is 43.2 Å². The predicted octanol–water partition coefficient (Wildman–Crippen LogP) is 4.06. The number of carboxylic acids is 2. The highest BCUT2D eigenvalue weighted by molar-refractivity contribution is 7.09. The van der Waals surface area contributed by atoms with E-state index in [1.807, 2.05) is 24.4 Å². The molecule has 3 atom stereocenters. The van der Waals surface area contributed by atoms with Gasteiger partial charge in [0.1, 0.15) is 0 Å². The number of aryl methyl sites for hydroxylation is 1. The first-order chi connectivity index (χ1) is 17.7. The van der Waals surface area contributed by atoms with E-state index >= 15 is 0 Å². The van der Waals surface area contributed by atoms with E-state index in [-0.39, 0.29) is 12.2 Å². The molecule has 0 spiro atoms. The normalized spacial score (nSPS) is 21.4. The van der Waals surface area contributed by atoms with Gasteiger partial charge < -0.3 is 19.7 Å². The largest absolute Gasteiger partial charge is 0.490 e. The first-order valence-corrected chi connectivity index (χ1v) is 11.9. The number of carbonyl (C=O) groups is 2. The maximum absolute atomic E-state index is 10.6. The number of fused-ring (bicyclic) bond motifs is 1. The smallest absolute Gasteiger partial charge is 0.475 e. The molecule has 0 unspecified atom stereocenters. The lowest BCUT2D eigenvalue weighted by Gasteiger charge is -2.38. The third-order valence-corrected chi connectivity index (χ3v) is 6.16. The number of aliphatic carboxylic acids is 2. The molecule has 0 radical (unpaired) electrons. The SMILES string of the molecule is Cc1nc(CN2CCO[C@H]3[C@@H](OCc4ccccn4)CC[C@@H]32)cs1.O=C(O)C(F)(F)F.O=C(O)C(F)(F)F. The number of hydrogen-bond donors (Lipinski definition) is 2. The Kier molecular flexibility index (Phi) is 11.4. The van der Waals surface area contributed by atoms with Gasteiger partial charge in [-0.2, -0.15) is 26.3 Å². The molecule has 1 saturated heterocycles. The van der Waals surface area contributed by atoms with E-state index in [1.165, 1.54) is 5.69 Å². The fourth-order valence-electron chi connectivity index (χ4n) is 3.73. The second-order valence-electron chi connectivity index (χ2n) is 8.08. The Morgan fingerprint density at radius 2 is 1.74 bits per heavy atom. The zero-order valence-corrected chi connectivity index (χ0v) is 20.7. The molecule has 2 aromatic heterocycles. The van der Waals surface area contributed by atoms with E-state index in [1.54, 1.807) is 11.3 Å². The van der Waals surface area contributed by atoms with Crippen molar-refractivity contribution in [3.63, 3.8) is 0 Å². The van der Waals surface area contributed by atoms with Crippen LogP contribution in [0.4, 0.5) is 26.3 Å². The topological polar surface area (TPSA) is 122 Å². The monoisotopic (exact) mass is 573 g/mol. The van der Waals surface area contributed by atoms with Gasteiger partial charge in [0.2, 0.25) is 0 Å². The van der Waals surface area contributed by atoms with Crippen LogP contribution in [0.15, 0.2) is 29.8 Å². The number of morpholine rings is 1. The molecule has 2 aliphatic rings. The van der Waals surface area contributed by atoms with E-state index in [9.17, 15) is 26.3 Å². The molecule has 1 saturated carbocycles. The molecule has 16 heteroatoms. The number of alkyl halides is 6. The summed E-state index contributed by atoms with van der Waals surface area (Å²) in [6, 6.07) is 6.37. The standard InChI is InChI=1S/C18H23N3O2S.2C2HF3O2/c1-13-20-15(12-24-13)10-21-8-9-22-18-16(21)5-6-17(18)23-11-14-4-2-3-7-19-14;2*3-2(4,5)1(6)7/h2-4,7,12,16-18H,5-6,8-11H2,1H3;2*(H,6,7)/t16-,17-,18+;;/m0../s1. The van der Waals surface area contributed by atoms with Crippen LogP contribution in [0.25, 0.3) is 0 Å². The van der Waals surface area contributed by atoms with Crippen molar-refractivity contribution in [1.29, 1.82) is 0 Å². The zero-order valence-electron chi connectivity index (χ0n) is 19.9. The number of hydrogen-bond acceptors (Lipinski definition) is 8. The van der Waals surface area contributed by atoms with Crippen LogP contribution in [-0.2, 0) is 32.2 Å². The second kappa shape index (κ2) is 13.8. The van der Waals surface area contributed by atoms with Gasteiger partial charge in [-0.3, -0.25) is 9.88 Å². The lowest BCUT2D eigenvalue weighted by atomic mass is 10.1. The molecular formula is C22H25F6N3O6S. The first-order valence-electron chi connectivity index (χ1n) is 11.1. The molecule has 4 rings (SSSR count). The van der Waals surface area contributed by atoms with E-state index < -0.39 is 24.3 Å². The number of halogens is 6. The van der Waals surface area contributed by atoms with Crippen molar-refractivity contribution >= 4 is 23.3 Å². The molecule has 0 aromatic carbocycles. The number of pyridine rings is 1. The van der Waals surface area contributed by atoms with Gasteiger partial charge in [0.25, 0.3) is 0 Å². The van der Waals surface area contributed by atoms with Gasteiger partial charge in [-0.25, -0.2) is 14.6 Å². The minimum absolute atomic E-state index is 0.164. The van der Waals surface area contributed by atoms with E-state index in [0.29, 0.717) is 12.6 Å². The van der Waals surface area contributed by atoms with Crippen molar-refractivity contribution in [3.8, 4) is 0 Å². The quantitative estimate of drug-likeness (QED) is 0.510. The van der Waals surface area contributed by atoms with Crippen LogP contribution in [0.2, 0.25) is 0 Å². The minimum atomic E-state index is -5.08. The van der Waals surface area contributed by atoms with Crippen molar-refractivity contribution in [2.75, 3.05) is 13.2 Å². The molecule has 212 valence electrons. The van der Waals surface area contributed by atoms with E-state index in [2.05, 4.69) is 27.2 Å². The maximum Gasteiger partial charge on any atom is 0.490 e. The Balaban J connectivity index is 0.000000301. The summed E-state index contributed by atoms with van der Waals surface area (Å²) in [5, 5.41) is 17.6. The Hall–Kier alpha value is -2.82. The summed E-state index contributed by atoms with van der Waals surface area (Å²) in [7, 11) is 0. The third kappa shape index (κ3) is 10.2. The highest BCUT2D eigenvalue weighted by atomic mass is 32.1.